The Labute approximate surface area is 168 Å². The van der Waals surface area contributed by atoms with Crippen LogP contribution in [0.25, 0.3) is 0 Å². The van der Waals surface area contributed by atoms with E-state index < -0.39 is 12.0 Å². The molecule has 0 radical (unpaired) electrons. The van der Waals surface area contributed by atoms with Crippen molar-refractivity contribution in [3.63, 3.8) is 0 Å². The van der Waals surface area contributed by atoms with Crippen molar-refractivity contribution in [2.45, 2.75) is 19.9 Å². The molecule has 0 saturated heterocycles. The fourth-order valence-corrected chi connectivity index (χ4v) is 3.42. The van der Waals surface area contributed by atoms with Gasteiger partial charge in [-0.25, -0.2) is 4.79 Å². The highest BCUT2D eigenvalue weighted by Gasteiger charge is 2.30. The van der Waals surface area contributed by atoms with Crippen molar-refractivity contribution >= 4 is 29.0 Å². The summed E-state index contributed by atoms with van der Waals surface area (Å²) in [5.74, 6) is -0.756. The number of aromatic nitrogens is 1. The van der Waals surface area contributed by atoms with E-state index in [1.807, 2.05) is 42.5 Å². The summed E-state index contributed by atoms with van der Waals surface area (Å²) in [6.45, 7) is 3.21. The summed E-state index contributed by atoms with van der Waals surface area (Å²) < 4.78 is 4.98. The fraction of sp³-hybridized carbons (Fsp3) is 0.182. The average molecular weight is 397 g/mol. The highest BCUT2D eigenvalue weighted by molar-refractivity contribution is 6.30. The van der Waals surface area contributed by atoms with E-state index in [1.165, 1.54) is 14.0 Å². The van der Waals surface area contributed by atoms with Crippen molar-refractivity contribution in [2.75, 3.05) is 12.4 Å². The number of anilines is 1. The van der Waals surface area contributed by atoms with Crippen molar-refractivity contribution in [1.82, 2.24) is 4.98 Å². The van der Waals surface area contributed by atoms with E-state index >= 15 is 0 Å². The molecule has 144 valence electrons. The maximum atomic E-state index is 12.6. The molecule has 0 spiro atoms. The minimum atomic E-state index is -0.557. The lowest BCUT2D eigenvalue weighted by atomic mass is 9.97. The molecular weight excluding hydrogens is 376 g/mol. The monoisotopic (exact) mass is 396 g/mol. The van der Waals surface area contributed by atoms with Crippen molar-refractivity contribution in [1.29, 1.82) is 0 Å². The van der Waals surface area contributed by atoms with Crippen LogP contribution in [-0.4, -0.2) is 23.8 Å². The lowest BCUT2D eigenvalue weighted by Crippen LogP contribution is -2.18. The van der Waals surface area contributed by atoms with Gasteiger partial charge in [-0.15, -0.1) is 0 Å². The average Bonchev–Trinajstić information content (AvgIpc) is 3.04. The Morgan fingerprint density at radius 2 is 1.68 bits per heavy atom. The van der Waals surface area contributed by atoms with E-state index in [0.29, 0.717) is 22.0 Å². The number of hydrogen-bond acceptors (Lipinski definition) is 4. The second kappa shape index (κ2) is 8.31. The molecule has 6 heteroatoms. The first kappa shape index (κ1) is 19.7. The Hall–Kier alpha value is -3.05. The molecule has 0 fully saturated rings. The number of nitrogens with one attached hydrogen (secondary N) is 2. The van der Waals surface area contributed by atoms with Gasteiger partial charge in [0.25, 0.3) is 0 Å². The van der Waals surface area contributed by atoms with Crippen LogP contribution < -0.4 is 5.32 Å². The number of hydrogen-bond donors (Lipinski definition) is 2. The number of ketones is 1. The Morgan fingerprint density at radius 1 is 1.04 bits per heavy atom. The summed E-state index contributed by atoms with van der Waals surface area (Å²) in [7, 11) is 1.31. The predicted molar refractivity (Wildman–Crippen MR) is 110 cm³/mol. The second-order valence-electron chi connectivity index (χ2n) is 6.46. The zero-order chi connectivity index (χ0) is 20.3. The van der Waals surface area contributed by atoms with Crippen LogP contribution in [0.15, 0.2) is 54.6 Å². The van der Waals surface area contributed by atoms with E-state index in [-0.39, 0.29) is 11.3 Å². The molecule has 1 heterocycles. The number of carbonyl (C=O) groups is 2. The standard InChI is InChI=1S/C22H21ClN2O3/c1-13-18(14(2)26)19(22(27)28-3)21(24-13)20(15-9-11-16(23)12-10-15)25-17-7-5-4-6-8-17/h4-12,20,24-25H,1-3H3. The Morgan fingerprint density at radius 3 is 2.25 bits per heavy atom. The number of H-pyrrole nitrogens is 1. The molecular formula is C22H21ClN2O3. The SMILES string of the molecule is COC(=O)c1c(C(Nc2ccccc2)c2ccc(Cl)cc2)[nH]c(C)c1C(C)=O. The van der Waals surface area contributed by atoms with E-state index in [0.717, 1.165) is 11.3 Å². The number of halogens is 1. The van der Waals surface area contributed by atoms with Gasteiger partial charge in [-0.2, -0.15) is 0 Å². The molecule has 0 aliphatic rings. The van der Waals surface area contributed by atoms with Crippen LogP contribution in [0.2, 0.25) is 5.02 Å². The number of ether oxygens (including phenoxy) is 1. The van der Waals surface area contributed by atoms with Gasteiger partial charge in [0, 0.05) is 16.4 Å². The smallest absolute Gasteiger partial charge is 0.340 e. The first-order chi connectivity index (χ1) is 13.4. The Bertz CT molecular complexity index is 995. The van der Waals surface area contributed by atoms with E-state index in [2.05, 4.69) is 10.3 Å². The van der Waals surface area contributed by atoms with Crippen molar-refractivity contribution in [3.05, 3.63) is 87.7 Å². The summed E-state index contributed by atoms with van der Waals surface area (Å²) >= 11 is 6.05. The Balaban J connectivity index is 2.20. The third kappa shape index (κ3) is 3.94. The summed E-state index contributed by atoms with van der Waals surface area (Å²) in [6, 6.07) is 16.6. The van der Waals surface area contributed by atoms with Gasteiger partial charge in [-0.3, -0.25) is 4.79 Å². The molecule has 5 nitrogen and oxygen atoms in total. The number of aryl methyl sites for hydroxylation is 1. The first-order valence-corrected chi connectivity index (χ1v) is 9.19. The number of rotatable bonds is 6. The quantitative estimate of drug-likeness (QED) is 0.445. The van der Waals surface area contributed by atoms with Crippen LogP contribution in [-0.2, 0) is 4.74 Å². The maximum Gasteiger partial charge on any atom is 0.340 e. The molecule has 0 aliphatic carbocycles. The number of Topliss-reactive ketones (excluding diaryl/α,β-unsaturated/α-hetero) is 1. The third-order valence-corrected chi connectivity index (χ3v) is 4.79. The fourth-order valence-electron chi connectivity index (χ4n) is 3.30. The molecule has 1 atom stereocenters. The van der Waals surface area contributed by atoms with Crippen LogP contribution in [0.3, 0.4) is 0 Å². The summed E-state index contributed by atoms with van der Waals surface area (Å²) in [4.78, 5) is 28.0. The number of aromatic amines is 1. The normalized spacial score (nSPS) is 11.7. The molecule has 28 heavy (non-hydrogen) atoms. The third-order valence-electron chi connectivity index (χ3n) is 4.53. The van der Waals surface area contributed by atoms with Gasteiger partial charge < -0.3 is 15.0 Å². The van der Waals surface area contributed by atoms with E-state index in [1.54, 1.807) is 19.1 Å². The largest absolute Gasteiger partial charge is 0.465 e. The lowest BCUT2D eigenvalue weighted by molar-refractivity contribution is 0.0596. The highest BCUT2D eigenvalue weighted by Crippen LogP contribution is 2.33. The van der Waals surface area contributed by atoms with Crippen LogP contribution in [0.4, 0.5) is 5.69 Å². The lowest BCUT2D eigenvalue weighted by Gasteiger charge is -2.21. The maximum absolute atomic E-state index is 12.6. The van der Waals surface area contributed by atoms with Gasteiger partial charge in [-0.1, -0.05) is 41.9 Å². The van der Waals surface area contributed by atoms with Gasteiger partial charge in [0.05, 0.1) is 30.0 Å². The van der Waals surface area contributed by atoms with Crippen molar-refractivity contribution in [2.24, 2.45) is 0 Å². The van der Waals surface area contributed by atoms with Crippen molar-refractivity contribution in [3.8, 4) is 0 Å². The molecule has 2 aromatic carbocycles. The minimum absolute atomic E-state index is 0.199. The highest BCUT2D eigenvalue weighted by atomic mass is 35.5. The van der Waals surface area contributed by atoms with Crippen LogP contribution in [0.1, 0.15) is 50.6 Å². The zero-order valence-corrected chi connectivity index (χ0v) is 16.6. The molecule has 3 aromatic rings. The molecule has 2 N–H and O–H groups in total. The second-order valence-corrected chi connectivity index (χ2v) is 6.89. The van der Waals surface area contributed by atoms with E-state index in [9.17, 15) is 9.59 Å². The van der Waals surface area contributed by atoms with Crippen LogP contribution in [0, 0.1) is 6.92 Å². The van der Waals surface area contributed by atoms with E-state index in [4.69, 9.17) is 16.3 Å². The minimum Gasteiger partial charge on any atom is -0.465 e. The molecule has 1 aromatic heterocycles. The summed E-state index contributed by atoms with van der Waals surface area (Å²) in [6.07, 6.45) is 0. The zero-order valence-electron chi connectivity index (χ0n) is 15.9. The molecule has 0 aliphatic heterocycles. The molecule has 0 saturated carbocycles. The first-order valence-electron chi connectivity index (χ1n) is 8.81. The van der Waals surface area contributed by atoms with Gasteiger partial charge >= 0.3 is 5.97 Å². The molecule has 3 rings (SSSR count). The molecule has 0 bridgehead atoms. The van der Waals surface area contributed by atoms with Crippen LogP contribution in [0.5, 0.6) is 0 Å². The Kier molecular flexibility index (Phi) is 5.85. The number of carbonyl (C=O) groups excluding carboxylic acids is 2. The summed E-state index contributed by atoms with van der Waals surface area (Å²) in [5.41, 5.74) is 3.54. The molecule has 1 unspecified atom stereocenters. The van der Waals surface area contributed by atoms with Gasteiger partial charge in [0.2, 0.25) is 0 Å². The number of para-hydroxylation sites is 1. The topological polar surface area (TPSA) is 71.2 Å². The summed E-state index contributed by atoms with van der Waals surface area (Å²) in [5, 5.41) is 4.05. The van der Waals surface area contributed by atoms with Crippen molar-refractivity contribution < 1.29 is 14.3 Å². The van der Waals surface area contributed by atoms with Gasteiger partial charge in [-0.05, 0) is 43.7 Å². The van der Waals surface area contributed by atoms with Gasteiger partial charge in [0.1, 0.15) is 0 Å². The van der Waals surface area contributed by atoms with Crippen LogP contribution >= 0.6 is 11.6 Å². The predicted octanol–water partition coefficient (Wildman–Crippen LogP) is 5.17. The number of esters is 1. The number of methoxy groups -OCH3 is 1. The number of benzene rings is 2. The van der Waals surface area contributed by atoms with Gasteiger partial charge in [0.15, 0.2) is 5.78 Å². The molecule has 0 amide bonds.